The lowest BCUT2D eigenvalue weighted by Crippen LogP contribution is -2.46. The molecule has 1 saturated heterocycles. The summed E-state index contributed by atoms with van der Waals surface area (Å²) in [6.07, 6.45) is 4.83. The van der Waals surface area contributed by atoms with Crippen LogP contribution in [0.1, 0.15) is 32.6 Å². The van der Waals surface area contributed by atoms with Gasteiger partial charge in [0.15, 0.2) is 0 Å². The van der Waals surface area contributed by atoms with Crippen molar-refractivity contribution in [3.63, 3.8) is 0 Å². The van der Waals surface area contributed by atoms with Gasteiger partial charge in [-0.2, -0.15) is 0 Å². The molecule has 1 aliphatic heterocycles. The van der Waals surface area contributed by atoms with Crippen molar-refractivity contribution >= 4 is 5.69 Å². The fourth-order valence-corrected chi connectivity index (χ4v) is 2.58. The molecule has 0 saturated carbocycles. The summed E-state index contributed by atoms with van der Waals surface area (Å²) in [4.78, 5) is 0. The van der Waals surface area contributed by atoms with Gasteiger partial charge >= 0.3 is 0 Å². The SMILES string of the molecule is CCCCNN1CCC(Nc2ccccc2OC)CC1. The highest BCUT2D eigenvalue weighted by Gasteiger charge is 2.19. The Balaban J connectivity index is 1.76. The minimum atomic E-state index is 0.538. The summed E-state index contributed by atoms with van der Waals surface area (Å²) >= 11 is 0. The number of anilines is 1. The number of ether oxygens (including phenoxy) is 1. The molecule has 2 N–H and O–H groups in total. The van der Waals surface area contributed by atoms with Crippen molar-refractivity contribution in [1.29, 1.82) is 0 Å². The first-order valence-electron chi connectivity index (χ1n) is 7.71. The van der Waals surface area contributed by atoms with Crippen molar-refractivity contribution in [2.24, 2.45) is 0 Å². The Morgan fingerprint density at radius 1 is 1.25 bits per heavy atom. The number of unbranched alkanes of at least 4 members (excludes halogenated alkanes) is 1. The van der Waals surface area contributed by atoms with Gasteiger partial charge in [-0.05, 0) is 31.4 Å². The molecule has 2 rings (SSSR count). The Kier molecular flexibility index (Phi) is 6.15. The van der Waals surface area contributed by atoms with Crippen molar-refractivity contribution in [2.75, 3.05) is 32.1 Å². The summed E-state index contributed by atoms with van der Waals surface area (Å²) in [5, 5.41) is 5.97. The molecule has 1 aliphatic rings. The maximum atomic E-state index is 5.39. The lowest BCUT2D eigenvalue weighted by atomic mass is 10.1. The van der Waals surface area contributed by atoms with Crippen molar-refractivity contribution < 1.29 is 4.74 Å². The highest BCUT2D eigenvalue weighted by Crippen LogP contribution is 2.25. The Bertz CT molecular complexity index is 389. The summed E-state index contributed by atoms with van der Waals surface area (Å²) in [5.41, 5.74) is 4.61. The fourth-order valence-electron chi connectivity index (χ4n) is 2.58. The number of methoxy groups -OCH3 is 1. The molecule has 1 fully saturated rings. The number of nitrogens with one attached hydrogen (secondary N) is 2. The zero-order valence-corrected chi connectivity index (χ0v) is 12.7. The predicted octanol–water partition coefficient (Wildman–Crippen LogP) is 2.88. The van der Waals surface area contributed by atoms with E-state index in [2.05, 4.69) is 28.7 Å². The Morgan fingerprint density at radius 2 is 2.00 bits per heavy atom. The van der Waals surface area contributed by atoms with E-state index in [4.69, 9.17) is 4.74 Å². The number of hydrogen-bond acceptors (Lipinski definition) is 4. The van der Waals surface area contributed by atoms with E-state index in [-0.39, 0.29) is 0 Å². The second-order valence-corrected chi connectivity index (χ2v) is 5.37. The average molecular weight is 277 g/mol. The third kappa shape index (κ3) is 4.39. The molecule has 1 heterocycles. The van der Waals surface area contributed by atoms with E-state index >= 15 is 0 Å². The molecular weight excluding hydrogens is 250 g/mol. The van der Waals surface area contributed by atoms with Crippen LogP contribution in [0.25, 0.3) is 0 Å². The monoisotopic (exact) mass is 277 g/mol. The van der Waals surface area contributed by atoms with Gasteiger partial charge < -0.3 is 10.1 Å². The first-order valence-corrected chi connectivity index (χ1v) is 7.71. The first kappa shape index (κ1) is 15.1. The molecule has 0 atom stereocenters. The van der Waals surface area contributed by atoms with Gasteiger partial charge in [0, 0.05) is 25.7 Å². The number of benzene rings is 1. The molecule has 4 heteroatoms. The zero-order chi connectivity index (χ0) is 14.2. The summed E-state index contributed by atoms with van der Waals surface area (Å²) in [6, 6.07) is 8.68. The van der Waals surface area contributed by atoms with Crippen LogP contribution in [0.4, 0.5) is 5.69 Å². The van der Waals surface area contributed by atoms with E-state index < -0.39 is 0 Å². The van der Waals surface area contributed by atoms with E-state index in [0.717, 1.165) is 43.9 Å². The van der Waals surface area contributed by atoms with Crippen molar-refractivity contribution in [2.45, 2.75) is 38.6 Å². The third-order valence-electron chi connectivity index (χ3n) is 3.83. The van der Waals surface area contributed by atoms with Gasteiger partial charge in [-0.15, -0.1) is 0 Å². The highest BCUT2D eigenvalue weighted by atomic mass is 16.5. The van der Waals surface area contributed by atoms with Gasteiger partial charge in [0.2, 0.25) is 0 Å². The number of nitrogens with zero attached hydrogens (tertiary/aromatic N) is 1. The van der Waals surface area contributed by atoms with Crippen LogP contribution >= 0.6 is 0 Å². The van der Waals surface area contributed by atoms with Crippen LogP contribution in [0.2, 0.25) is 0 Å². The Morgan fingerprint density at radius 3 is 2.70 bits per heavy atom. The van der Waals surface area contributed by atoms with Crippen LogP contribution in [-0.4, -0.2) is 37.8 Å². The number of rotatable bonds is 7. The quantitative estimate of drug-likeness (QED) is 0.751. The minimum Gasteiger partial charge on any atom is -0.495 e. The second-order valence-electron chi connectivity index (χ2n) is 5.37. The van der Waals surface area contributed by atoms with E-state index in [9.17, 15) is 0 Å². The largest absolute Gasteiger partial charge is 0.495 e. The lowest BCUT2D eigenvalue weighted by molar-refractivity contribution is 0.147. The van der Waals surface area contributed by atoms with E-state index in [1.54, 1.807) is 7.11 Å². The van der Waals surface area contributed by atoms with Crippen LogP contribution in [0.15, 0.2) is 24.3 Å². The second kappa shape index (κ2) is 8.12. The van der Waals surface area contributed by atoms with E-state index in [1.807, 2.05) is 18.2 Å². The van der Waals surface area contributed by atoms with Crippen molar-refractivity contribution in [3.05, 3.63) is 24.3 Å². The molecule has 0 aliphatic carbocycles. The molecule has 0 aromatic heterocycles. The maximum Gasteiger partial charge on any atom is 0.141 e. The minimum absolute atomic E-state index is 0.538. The van der Waals surface area contributed by atoms with Crippen LogP contribution in [-0.2, 0) is 0 Å². The third-order valence-corrected chi connectivity index (χ3v) is 3.83. The molecule has 0 bridgehead atoms. The van der Waals surface area contributed by atoms with E-state index in [1.165, 1.54) is 12.8 Å². The molecule has 1 aromatic carbocycles. The summed E-state index contributed by atoms with van der Waals surface area (Å²) in [7, 11) is 1.72. The molecule has 0 radical (unpaired) electrons. The van der Waals surface area contributed by atoms with Crippen molar-refractivity contribution in [1.82, 2.24) is 10.4 Å². The standard InChI is InChI=1S/C16H27N3O/c1-3-4-11-17-19-12-9-14(10-13-19)18-15-7-5-6-8-16(15)20-2/h5-8,14,17-18H,3-4,9-13H2,1-2H3. The fraction of sp³-hybridized carbons (Fsp3) is 0.625. The number of piperidine rings is 1. The first-order chi connectivity index (χ1) is 9.83. The zero-order valence-electron chi connectivity index (χ0n) is 12.7. The molecule has 0 unspecified atom stereocenters. The number of hydrazine groups is 1. The molecule has 112 valence electrons. The van der Waals surface area contributed by atoms with Gasteiger partial charge in [-0.3, -0.25) is 5.43 Å². The van der Waals surface area contributed by atoms with Crippen LogP contribution in [0.3, 0.4) is 0 Å². The van der Waals surface area contributed by atoms with Gasteiger partial charge in [0.1, 0.15) is 5.75 Å². The Labute approximate surface area is 122 Å². The molecule has 20 heavy (non-hydrogen) atoms. The molecule has 0 spiro atoms. The Hall–Kier alpha value is -1.26. The van der Waals surface area contributed by atoms with Gasteiger partial charge in [0.25, 0.3) is 0 Å². The smallest absolute Gasteiger partial charge is 0.141 e. The summed E-state index contributed by atoms with van der Waals surface area (Å²) < 4.78 is 5.39. The van der Waals surface area contributed by atoms with Gasteiger partial charge in [0.05, 0.1) is 12.8 Å². The molecule has 4 nitrogen and oxygen atoms in total. The average Bonchev–Trinajstić information content (AvgIpc) is 2.50. The molecule has 0 amide bonds. The van der Waals surface area contributed by atoms with Crippen molar-refractivity contribution in [3.8, 4) is 5.75 Å². The maximum absolute atomic E-state index is 5.39. The topological polar surface area (TPSA) is 36.5 Å². The van der Waals surface area contributed by atoms with Crippen LogP contribution < -0.4 is 15.5 Å². The summed E-state index contributed by atoms with van der Waals surface area (Å²) in [6.45, 7) is 5.54. The highest BCUT2D eigenvalue weighted by molar-refractivity contribution is 5.56. The van der Waals surface area contributed by atoms with E-state index in [0.29, 0.717) is 6.04 Å². The van der Waals surface area contributed by atoms with Crippen LogP contribution in [0.5, 0.6) is 5.75 Å². The summed E-state index contributed by atoms with van der Waals surface area (Å²) in [5.74, 6) is 0.927. The number of para-hydroxylation sites is 2. The number of hydrogen-bond donors (Lipinski definition) is 2. The molecular formula is C16H27N3O. The van der Waals surface area contributed by atoms with Crippen LogP contribution in [0, 0.1) is 0 Å². The van der Waals surface area contributed by atoms with Gasteiger partial charge in [-0.1, -0.05) is 25.5 Å². The lowest BCUT2D eigenvalue weighted by Gasteiger charge is -2.33. The normalized spacial score (nSPS) is 17.1. The van der Waals surface area contributed by atoms with Gasteiger partial charge in [-0.25, -0.2) is 5.01 Å². The predicted molar refractivity (Wildman–Crippen MR) is 84.1 cm³/mol. The molecule has 1 aromatic rings.